The van der Waals surface area contributed by atoms with Gasteiger partial charge in [-0.05, 0) is 23.3 Å². The lowest BCUT2D eigenvalue weighted by Crippen LogP contribution is -2.24. The summed E-state index contributed by atoms with van der Waals surface area (Å²) in [4.78, 5) is 3.22. The Kier molecular flexibility index (Phi) is 3.81. The average molecular weight is 266 g/mol. The number of H-pyrrole nitrogens is 1. The molecule has 2 aromatic carbocycles. The minimum atomic E-state index is -0.0367. The molecule has 0 aliphatic heterocycles. The first kappa shape index (κ1) is 12.9. The second-order valence-corrected chi connectivity index (χ2v) is 4.88. The summed E-state index contributed by atoms with van der Waals surface area (Å²) in [6, 6.07) is 18.3. The Balaban J connectivity index is 1.77. The van der Waals surface area contributed by atoms with Gasteiger partial charge in [0.05, 0.1) is 12.6 Å². The van der Waals surface area contributed by atoms with E-state index in [1.807, 2.05) is 42.6 Å². The smallest absolute Gasteiger partial charge is 0.0626 e. The molecule has 0 bridgehead atoms. The van der Waals surface area contributed by atoms with Crippen molar-refractivity contribution < 1.29 is 5.11 Å². The van der Waals surface area contributed by atoms with Gasteiger partial charge in [-0.2, -0.15) is 0 Å². The molecule has 1 heterocycles. The Hall–Kier alpha value is -2.10. The van der Waals surface area contributed by atoms with Crippen LogP contribution in [0.15, 0.2) is 60.8 Å². The van der Waals surface area contributed by atoms with Crippen LogP contribution >= 0.6 is 0 Å². The zero-order valence-electron chi connectivity index (χ0n) is 11.2. The summed E-state index contributed by atoms with van der Waals surface area (Å²) in [6.07, 6.45) is 1.95. The maximum atomic E-state index is 9.56. The first-order valence-electron chi connectivity index (χ1n) is 6.82. The van der Waals surface area contributed by atoms with Gasteiger partial charge in [0.25, 0.3) is 0 Å². The number of aliphatic hydroxyl groups is 1. The maximum absolute atomic E-state index is 9.56. The lowest BCUT2D eigenvalue weighted by molar-refractivity contribution is 0.244. The number of fused-ring (bicyclic) bond motifs is 1. The summed E-state index contributed by atoms with van der Waals surface area (Å²) in [5.41, 5.74) is 3.49. The molecular formula is C17H18N2O. The van der Waals surface area contributed by atoms with Crippen LogP contribution in [-0.4, -0.2) is 16.7 Å². The number of benzene rings is 2. The van der Waals surface area contributed by atoms with Gasteiger partial charge in [0.15, 0.2) is 0 Å². The van der Waals surface area contributed by atoms with Crippen LogP contribution in [0, 0.1) is 0 Å². The molecule has 3 N–H and O–H groups in total. The zero-order valence-corrected chi connectivity index (χ0v) is 11.2. The summed E-state index contributed by atoms with van der Waals surface area (Å²) in [5, 5.41) is 14.2. The number of aliphatic hydroxyl groups excluding tert-OH is 1. The second kappa shape index (κ2) is 5.90. The van der Waals surface area contributed by atoms with Crippen LogP contribution in [-0.2, 0) is 6.54 Å². The third kappa shape index (κ3) is 2.59. The summed E-state index contributed by atoms with van der Waals surface area (Å²) >= 11 is 0. The molecule has 0 saturated carbocycles. The van der Waals surface area contributed by atoms with Crippen LogP contribution in [0.3, 0.4) is 0 Å². The second-order valence-electron chi connectivity index (χ2n) is 4.88. The molecule has 102 valence electrons. The summed E-state index contributed by atoms with van der Waals surface area (Å²) < 4.78 is 0. The van der Waals surface area contributed by atoms with Crippen molar-refractivity contribution in [2.75, 3.05) is 6.61 Å². The standard InChI is InChI=1S/C17H18N2O/c20-12-17(13-5-2-1-3-6-13)19-11-14-7-4-8-16-15(14)9-10-18-16/h1-10,17-20H,11-12H2. The molecule has 0 fully saturated rings. The number of aromatic nitrogens is 1. The van der Waals surface area contributed by atoms with E-state index in [0.29, 0.717) is 0 Å². The number of aromatic amines is 1. The van der Waals surface area contributed by atoms with Gasteiger partial charge >= 0.3 is 0 Å². The van der Waals surface area contributed by atoms with Gasteiger partial charge in [-0.15, -0.1) is 0 Å². The monoisotopic (exact) mass is 266 g/mol. The minimum Gasteiger partial charge on any atom is -0.394 e. The predicted octanol–water partition coefficient (Wildman–Crippen LogP) is 2.99. The normalized spacial score (nSPS) is 12.7. The molecule has 1 aromatic heterocycles. The van der Waals surface area contributed by atoms with E-state index < -0.39 is 0 Å². The highest BCUT2D eigenvalue weighted by Crippen LogP contribution is 2.19. The molecule has 0 saturated heterocycles. The third-order valence-electron chi connectivity index (χ3n) is 3.61. The summed E-state index contributed by atoms with van der Waals surface area (Å²) in [6.45, 7) is 0.822. The van der Waals surface area contributed by atoms with Gasteiger partial charge in [-0.3, -0.25) is 0 Å². The van der Waals surface area contributed by atoms with Gasteiger partial charge < -0.3 is 15.4 Å². The number of hydrogen-bond donors (Lipinski definition) is 3. The van der Waals surface area contributed by atoms with Crippen molar-refractivity contribution in [2.24, 2.45) is 0 Å². The molecule has 3 heteroatoms. The molecule has 3 aromatic rings. The summed E-state index contributed by atoms with van der Waals surface area (Å²) in [7, 11) is 0. The fourth-order valence-electron chi connectivity index (χ4n) is 2.51. The van der Waals surface area contributed by atoms with Crippen LogP contribution in [0.5, 0.6) is 0 Å². The van der Waals surface area contributed by atoms with E-state index in [1.165, 1.54) is 10.9 Å². The largest absolute Gasteiger partial charge is 0.394 e. The van der Waals surface area contributed by atoms with Crippen LogP contribution in [0.25, 0.3) is 10.9 Å². The maximum Gasteiger partial charge on any atom is 0.0626 e. The van der Waals surface area contributed by atoms with Gasteiger partial charge in [0.1, 0.15) is 0 Å². The topological polar surface area (TPSA) is 48.0 Å². The fourth-order valence-corrected chi connectivity index (χ4v) is 2.51. The quantitative estimate of drug-likeness (QED) is 0.665. The first-order valence-corrected chi connectivity index (χ1v) is 6.82. The SMILES string of the molecule is OCC(NCc1cccc2[nH]ccc12)c1ccccc1. The summed E-state index contributed by atoms with van der Waals surface area (Å²) in [5.74, 6) is 0. The van der Waals surface area contributed by atoms with E-state index in [1.54, 1.807) is 0 Å². The van der Waals surface area contributed by atoms with Crippen molar-refractivity contribution in [2.45, 2.75) is 12.6 Å². The Bertz CT molecular complexity index is 676. The molecule has 0 aliphatic carbocycles. The Morgan fingerprint density at radius 1 is 1.00 bits per heavy atom. The predicted molar refractivity (Wildman–Crippen MR) is 81.4 cm³/mol. The van der Waals surface area contributed by atoms with E-state index in [-0.39, 0.29) is 12.6 Å². The van der Waals surface area contributed by atoms with Gasteiger partial charge in [-0.1, -0.05) is 42.5 Å². The molecule has 0 amide bonds. The molecule has 1 atom stereocenters. The van der Waals surface area contributed by atoms with E-state index in [4.69, 9.17) is 0 Å². The van der Waals surface area contributed by atoms with Crippen molar-refractivity contribution in [3.05, 3.63) is 71.9 Å². The Morgan fingerprint density at radius 3 is 2.65 bits per heavy atom. The van der Waals surface area contributed by atoms with E-state index in [2.05, 4.69) is 28.5 Å². The van der Waals surface area contributed by atoms with Crippen molar-refractivity contribution in [3.63, 3.8) is 0 Å². The van der Waals surface area contributed by atoms with E-state index in [9.17, 15) is 5.11 Å². The highest BCUT2D eigenvalue weighted by atomic mass is 16.3. The van der Waals surface area contributed by atoms with Crippen molar-refractivity contribution in [1.29, 1.82) is 0 Å². The number of rotatable bonds is 5. The van der Waals surface area contributed by atoms with Crippen molar-refractivity contribution >= 4 is 10.9 Å². The molecule has 0 radical (unpaired) electrons. The van der Waals surface area contributed by atoms with Gasteiger partial charge in [-0.25, -0.2) is 0 Å². The molecule has 1 unspecified atom stereocenters. The lowest BCUT2D eigenvalue weighted by atomic mass is 10.1. The van der Waals surface area contributed by atoms with Gasteiger partial charge in [0.2, 0.25) is 0 Å². The van der Waals surface area contributed by atoms with Crippen molar-refractivity contribution in [3.8, 4) is 0 Å². The van der Waals surface area contributed by atoms with Crippen LogP contribution in [0.1, 0.15) is 17.2 Å². The fraction of sp³-hybridized carbons (Fsp3) is 0.176. The highest BCUT2D eigenvalue weighted by molar-refractivity contribution is 5.82. The first-order chi connectivity index (χ1) is 9.88. The minimum absolute atomic E-state index is 0.0367. The zero-order chi connectivity index (χ0) is 13.8. The molecule has 3 nitrogen and oxygen atoms in total. The van der Waals surface area contributed by atoms with E-state index in [0.717, 1.165) is 17.6 Å². The van der Waals surface area contributed by atoms with Crippen LogP contribution in [0.2, 0.25) is 0 Å². The number of hydrogen-bond acceptors (Lipinski definition) is 2. The van der Waals surface area contributed by atoms with Crippen LogP contribution in [0.4, 0.5) is 0 Å². The molecule has 3 rings (SSSR count). The Labute approximate surface area is 118 Å². The van der Waals surface area contributed by atoms with E-state index >= 15 is 0 Å². The van der Waals surface area contributed by atoms with Crippen molar-refractivity contribution in [1.82, 2.24) is 10.3 Å². The average Bonchev–Trinajstić information content (AvgIpc) is 2.98. The van der Waals surface area contributed by atoms with Gasteiger partial charge in [0, 0.05) is 23.6 Å². The highest BCUT2D eigenvalue weighted by Gasteiger charge is 2.10. The lowest BCUT2D eigenvalue weighted by Gasteiger charge is -2.17. The number of nitrogens with one attached hydrogen (secondary N) is 2. The Morgan fingerprint density at radius 2 is 1.85 bits per heavy atom. The molecular weight excluding hydrogens is 248 g/mol. The van der Waals surface area contributed by atoms with Crippen LogP contribution < -0.4 is 5.32 Å². The molecule has 20 heavy (non-hydrogen) atoms. The third-order valence-corrected chi connectivity index (χ3v) is 3.61. The molecule has 0 spiro atoms. The molecule has 0 aliphatic rings.